The van der Waals surface area contributed by atoms with E-state index in [1.54, 1.807) is 25.1 Å². The molecule has 2 N–H and O–H groups in total. The van der Waals surface area contributed by atoms with Gasteiger partial charge in [-0.1, -0.05) is 59.5 Å². The lowest BCUT2D eigenvalue weighted by Gasteiger charge is -2.30. The molecular formula is C34H26N4O8S2. The zero-order valence-corrected chi connectivity index (χ0v) is 26.8. The van der Waals surface area contributed by atoms with Gasteiger partial charge < -0.3 is 19.8 Å². The quantitative estimate of drug-likeness (QED) is 0.113. The molecule has 0 saturated carbocycles. The van der Waals surface area contributed by atoms with E-state index in [0.29, 0.717) is 32.7 Å². The van der Waals surface area contributed by atoms with Gasteiger partial charge in [-0.15, -0.1) is 0 Å². The van der Waals surface area contributed by atoms with Gasteiger partial charge in [0.05, 0.1) is 28.2 Å². The second-order valence-electron chi connectivity index (χ2n) is 11.1. The summed E-state index contributed by atoms with van der Waals surface area (Å²) in [6, 6.07) is 23.8. The Kier molecular flexibility index (Phi) is 8.19. The topological polar surface area (TPSA) is 161 Å². The lowest BCUT2D eigenvalue weighted by atomic mass is 9.83. The van der Waals surface area contributed by atoms with Gasteiger partial charge in [-0.05, 0) is 59.7 Å². The van der Waals surface area contributed by atoms with Crippen LogP contribution in [0.15, 0.2) is 94.7 Å². The van der Waals surface area contributed by atoms with Crippen LogP contribution in [0.5, 0.6) is 11.5 Å². The number of imide groups is 1. The predicted octanol–water partition coefficient (Wildman–Crippen LogP) is 5.71. The third-order valence-corrected chi connectivity index (χ3v) is 10.6. The highest BCUT2D eigenvalue weighted by molar-refractivity contribution is 8.00. The SMILES string of the molecule is CCOc1cc(C2c3sc(=O)[nH]c3SC3C(=O)N(c4ccc([N+](=O)[O-])cc4)C(=O)C32)ccc1OCC(=O)Nc1ccc2ccccc2c1. The van der Waals surface area contributed by atoms with Crippen molar-refractivity contribution in [1.82, 2.24) is 4.98 Å². The van der Waals surface area contributed by atoms with E-state index in [4.69, 9.17) is 9.47 Å². The van der Waals surface area contributed by atoms with Crippen LogP contribution in [0.4, 0.5) is 17.1 Å². The number of carbonyl (C=O) groups excluding carboxylic acids is 3. The molecule has 2 aliphatic rings. The second-order valence-corrected chi connectivity index (χ2v) is 13.2. The lowest BCUT2D eigenvalue weighted by molar-refractivity contribution is -0.384. The van der Waals surface area contributed by atoms with Gasteiger partial charge in [0.15, 0.2) is 18.1 Å². The summed E-state index contributed by atoms with van der Waals surface area (Å²) in [6.07, 6.45) is 0. The van der Waals surface area contributed by atoms with Crippen LogP contribution in [0.2, 0.25) is 0 Å². The standard InChI is InChI=1S/C34H26N4O8S2/c1-2-45-25-16-20(8-14-24(25)46-17-26(39)35-21-9-7-18-5-3-4-6-19(18)15-21)27-28-30(47-31-29(27)48-34(42)36-31)33(41)37(32(28)40)22-10-12-23(13-11-22)38(43)44/h3-16,27-28,30H,2,17H2,1H3,(H,35,39)(H,36,42). The fraction of sp³-hybridized carbons (Fsp3) is 0.176. The van der Waals surface area contributed by atoms with Crippen molar-refractivity contribution < 1.29 is 28.8 Å². The van der Waals surface area contributed by atoms with Crippen molar-refractivity contribution >= 4 is 68.7 Å². The van der Waals surface area contributed by atoms with Crippen molar-refractivity contribution in [2.45, 2.75) is 23.1 Å². The molecule has 1 fully saturated rings. The summed E-state index contributed by atoms with van der Waals surface area (Å²) in [6.45, 7) is 1.79. The largest absolute Gasteiger partial charge is 0.490 e. The molecule has 4 aromatic carbocycles. The van der Waals surface area contributed by atoms with Gasteiger partial charge in [0.2, 0.25) is 11.8 Å². The van der Waals surface area contributed by atoms with Gasteiger partial charge in [0.1, 0.15) is 5.25 Å². The number of amides is 3. The number of nitro groups is 1. The molecule has 0 aliphatic carbocycles. The molecule has 0 spiro atoms. The van der Waals surface area contributed by atoms with E-state index in [9.17, 15) is 29.3 Å². The minimum absolute atomic E-state index is 0.167. The van der Waals surface area contributed by atoms with Gasteiger partial charge in [-0.3, -0.25) is 29.3 Å². The zero-order valence-electron chi connectivity index (χ0n) is 25.2. The molecule has 12 nitrogen and oxygen atoms in total. The van der Waals surface area contributed by atoms with E-state index in [-0.39, 0.29) is 35.4 Å². The smallest absolute Gasteiger partial charge is 0.305 e. The number of H-pyrrole nitrogens is 1. The van der Waals surface area contributed by atoms with Crippen molar-refractivity contribution in [3.63, 3.8) is 0 Å². The maximum atomic E-state index is 14.0. The van der Waals surface area contributed by atoms with Crippen molar-refractivity contribution in [2.24, 2.45) is 5.92 Å². The molecule has 1 saturated heterocycles. The highest BCUT2D eigenvalue weighted by Crippen LogP contribution is 2.54. The summed E-state index contributed by atoms with van der Waals surface area (Å²) < 4.78 is 11.8. The van der Waals surface area contributed by atoms with Crippen LogP contribution in [-0.4, -0.2) is 46.1 Å². The van der Waals surface area contributed by atoms with Crippen LogP contribution in [0.3, 0.4) is 0 Å². The molecular weight excluding hydrogens is 657 g/mol. The molecule has 3 unspecified atom stereocenters. The number of thiazole rings is 1. The first kappa shape index (κ1) is 31.1. The minimum Gasteiger partial charge on any atom is -0.490 e. The third-order valence-electron chi connectivity index (χ3n) is 8.16. The van der Waals surface area contributed by atoms with Gasteiger partial charge in [-0.25, -0.2) is 4.90 Å². The van der Waals surface area contributed by atoms with E-state index in [0.717, 1.165) is 38.8 Å². The van der Waals surface area contributed by atoms with Crippen LogP contribution in [0, 0.1) is 16.0 Å². The molecule has 1 aromatic heterocycles. The number of hydrogen-bond acceptors (Lipinski definition) is 10. The first-order chi connectivity index (χ1) is 23.2. The van der Waals surface area contributed by atoms with Gasteiger partial charge in [0.25, 0.3) is 11.6 Å². The Morgan fingerprint density at radius 3 is 2.46 bits per heavy atom. The highest BCUT2D eigenvalue weighted by atomic mass is 32.2. The first-order valence-corrected chi connectivity index (χ1v) is 16.6. The van der Waals surface area contributed by atoms with Crippen LogP contribution < -0.4 is 24.6 Å². The Morgan fingerprint density at radius 2 is 1.71 bits per heavy atom. The maximum absolute atomic E-state index is 14.0. The van der Waals surface area contributed by atoms with Crippen molar-refractivity contribution in [3.05, 3.63) is 115 Å². The number of nitrogens with zero attached hydrogens (tertiary/aromatic N) is 2. The van der Waals surface area contributed by atoms with E-state index >= 15 is 0 Å². The van der Waals surface area contributed by atoms with Crippen molar-refractivity contribution in [3.8, 4) is 11.5 Å². The number of nitrogens with one attached hydrogen (secondary N) is 2. The van der Waals surface area contributed by atoms with Gasteiger partial charge >= 0.3 is 4.87 Å². The van der Waals surface area contributed by atoms with E-state index in [2.05, 4.69) is 10.3 Å². The molecule has 242 valence electrons. The zero-order chi connectivity index (χ0) is 33.5. The number of carbonyl (C=O) groups is 3. The van der Waals surface area contributed by atoms with Crippen molar-refractivity contribution in [1.29, 1.82) is 0 Å². The summed E-state index contributed by atoms with van der Waals surface area (Å²) in [7, 11) is 0. The highest BCUT2D eigenvalue weighted by Gasteiger charge is 2.56. The first-order valence-electron chi connectivity index (χ1n) is 14.9. The average molecular weight is 683 g/mol. The number of non-ortho nitro benzene ring substituents is 1. The molecule has 5 aromatic rings. The van der Waals surface area contributed by atoms with Gasteiger partial charge in [-0.2, -0.15) is 0 Å². The number of fused-ring (bicyclic) bond motifs is 3. The molecule has 48 heavy (non-hydrogen) atoms. The van der Waals surface area contributed by atoms with E-state index in [1.807, 2.05) is 42.5 Å². The maximum Gasteiger partial charge on any atom is 0.305 e. The number of nitro benzene ring substituents is 1. The fourth-order valence-corrected chi connectivity index (χ4v) is 8.58. The van der Waals surface area contributed by atoms with Crippen LogP contribution in [0.1, 0.15) is 23.3 Å². The average Bonchev–Trinajstić information content (AvgIpc) is 3.57. The Morgan fingerprint density at radius 1 is 0.938 bits per heavy atom. The molecule has 3 heterocycles. The predicted molar refractivity (Wildman–Crippen MR) is 181 cm³/mol. The molecule has 3 amide bonds. The van der Waals surface area contributed by atoms with Crippen molar-refractivity contribution in [2.75, 3.05) is 23.4 Å². The number of anilines is 2. The minimum atomic E-state index is -0.870. The second kappa shape index (κ2) is 12.6. The Hall–Kier alpha value is -5.47. The summed E-state index contributed by atoms with van der Waals surface area (Å²) >= 11 is 2.10. The molecule has 2 aliphatic heterocycles. The van der Waals surface area contributed by atoms with Crippen LogP contribution >= 0.6 is 23.1 Å². The number of hydrogen-bond donors (Lipinski definition) is 2. The Balaban J connectivity index is 1.16. The Bertz CT molecular complexity index is 2160. The molecule has 0 bridgehead atoms. The molecule has 7 rings (SSSR count). The lowest BCUT2D eigenvalue weighted by Crippen LogP contribution is -2.32. The summed E-state index contributed by atoms with van der Waals surface area (Å²) in [5, 5.41) is 15.7. The number of aromatic amines is 1. The van der Waals surface area contributed by atoms with Gasteiger partial charge in [0, 0.05) is 28.6 Å². The third kappa shape index (κ3) is 5.69. The number of rotatable bonds is 9. The number of benzene rings is 4. The van der Waals surface area contributed by atoms with E-state index < -0.39 is 33.8 Å². The number of thioether (sulfide) groups is 1. The molecule has 3 atom stereocenters. The summed E-state index contributed by atoms with van der Waals surface area (Å²) in [5.74, 6) is -2.24. The number of ether oxygens (including phenoxy) is 2. The molecule has 14 heteroatoms. The van der Waals surface area contributed by atoms with Crippen LogP contribution in [-0.2, 0) is 14.4 Å². The monoisotopic (exact) mass is 682 g/mol. The molecule has 0 radical (unpaired) electrons. The van der Waals surface area contributed by atoms with E-state index in [1.165, 1.54) is 24.3 Å². The Labute approximate surface area is 280 Å². The number of aromatic nitrogens is 1. The normalized spacial score (nSPS) is 18.4. The fourth-order valence-electron chi connectivity index (χ4n) is 6.07. The van der Waals surface area contributed by atoms with Crippen LogP contribution in [0.25, 0.3) is 10.8 Å². The summed E-state index contributed by atoms with van der Waals surface area (Å²) in [4.78, 5) is 67.8. The summed E-state index contributed by atoms with van der Waals surface area (Å²) in [5.41, 5.74) is 1.30.